The summed E-state index contributed by atoms with van der Waals surface area (Å²) in [4.78, 5) is 12.2. The van der Waals surface area contributed by atoms with Gasteiger partial charge in [0, 0.05) is 15.6 Å². The molecule has 1 heterocycles. The minimum atomic E-state index is -0.0237. The van der Waals surface area contributed by atoms with Crippen LogP contribution in [-0.4, -0.2) is 21.7 Å². The number of carbonyl (C=O) groups excluding carboxylic acids is 1. The first kappa shape index (κ1) is 17.1. The van der Waals surface area contributed by atoms with Crippen molar-refractivity contribution in [3.05, 3.63) is 75.7 Å². The molecule has 0 radical (unpaired) electrons. The van der Waals surface area contributed by atoms with E-state index < -0.39 is 0 Å². The molecular weight excluding hydrogens is 408 g/mol. The maximum absolute atomic E-state index is 12.2. The van der Waals surface area contributed by atoms with Crippen molar-refractivity contribution in [1.82, 2.24) is 10.2 Å². The molecule has 0 fully saturated rings. The number of nitrogens with zero attached hydrogens (tertiary/aromatic N) is 2. The van der Waals surface area contributed by atoms with Gasteiger partial charge in [0.05, 0.1) is 16.5 Å². The number of hydrogen-bond donors (Lipinski definition) is 0. The number of rotatable bonds is 5. The van der Waals surface area contributed by atoms with Gasteiger partial charge in [0.2, 0.25) is 0 Å². The first-order valence-corrected chi connectivity index (χ1v) is 9.29. The second-order valence-corrected chi connectivity index (χ2v) is 7.27. The lowest BCUT2D eigenvalue weighted by Gasteiger charge is -2.04. The second-order valence-electron chi connectivity index (χ2n) is 4.96. The summed E-state index contributed by atoms with van der Waals surface area (Å²) in [5, 5.41) is 9.58. The van der Waals surface area contributed by atoms with Crippen LogP contribution < -0.4 is 0 Å². The van der Waals surface area contributed by atoms with E-state index >= 15 is 0 Å². The zero-order valence-electron chi connectivity index (χ0n) is 12.4. The summed E-state index contributed by atoms with van der Waals surface area (Å²) in [6.45, 7) is 0. The Labute approximate surface area is 157 Å². The summed E-state index contributed by atoms with van der Waals surface area (Å²) in [6.07, 6.45) is 0. The number of thioether (sulfide) groups is 1. The van der Waals surface area contributed by atoms with Gasteiger partial charge in [-0.05, 0) is 36.4 Å². The van der Waals surface area contributed by atoms with Gasteiger partial charge in [0.25, 0.3) is 0 Å². The highest BCUT2D eigenvalue weighted by Crippen LogP contribution is 2.23. The average molecular weight is 420 g/mol. The molecule has 3 rings (SSSR count). The lowest BCUT2D eigenvalue weighted by Crippen LogP contribution is -2.03. The highest BCUT2D eigenvalue weighted by Gasteiger charge is 2.11. The van der Waals surface area contributed by atoms with E-state index in [1.54, 1.807) is 24.3 Å². The molecular formula is C18H12BrClN2OS. The fourth-order valence-electron chi connectivity index (χ4n) is 2.08. The molecule has 6 heteroatoms. The van der Waals surface area contributed by atoms with Gasteiger partial charge < -0.3 is 0 Å². The summed E-state index contributed by atoms with van der Waals surface area (Å²) in [7, 11) is 0. The molecule has 0 N–H and O–H groups in total. The van der Waals surface area contributed by atoms with Gasteiger partial charge in [-0.2, -0.15) is 0 Å². The molecule has 3 aromatic rings. The number of Topliss-reactive ketones (excluding diaryl/α,β-unsaturated/α-hetero) is 1. The third kappa shape index (κ3) is 4.23. The van der Waals surface area contributed by atoms with Crippen molar-refractivity contribution in [2.24, 2.45) is 0 Å². The van der Waals surface area contributed by atoms with Crippen LogP contribution in [0.25, 0.3) is 11.3 Å². The van der Waals surface area contributed by atoms with Gasteiger partial charge in [-0.3, -0.25) is 4.79 Å². The Morgan fingerprint density at radius 1 is 1.00 bits per heavy atom. The second kappa shape index (κ2) is 7.92. The van der Waals surface area contributed by atoms with E-state index in [0.717, 1.165) is 15.7 Å². The molecule has 120 valence electrons. The van der Waals surface area contributed by atoms with E-state index in [-0.39, 0.29) is 11.5 Å². The van der Waals surface area contributed by atoms with Crippen LogP contribution in [0.3, 0.4) is 0 Å². The molecule has 0 saturated heterocycles. The molecule has 3 nitrogen and oxygen atoms in total. The Balaban J connectivity index is 1.65. The fourth-order valence-corrected chi connectivity index (χ4v) is 3.28. The van der Waals surface area contributed by atoms with E-state index in [4.69, 9.17) is 11.6 Å². The van der Waals surface area contributed by atoms with Crippen LogP contribution in [0.4, 0.5) is 0 Å². The molecule has 0 spiro atoms. The molecule has 0 aliphatic heterocycles. The standard InChI is InChI=1S/C18H12BrClN2OS/c19-13-7-5-12(6-8-13)16-9-10-18(22-21-16)24-11-17(23)14-3-1-2-4-15(14)20/h1-10H,11H2. The maximum Gasteiger partial charge on any atom is 0.174 e. The number of benzene rings is 2. The fraction of sp³-hybridized carbons (Fsp3) is 0.0556. The first-order valence-electron chi connectivity index (χ1n) is 7.14. The van der Waals surface area contributed by atoms with E-state index in [1.165, 1.54) is 11.8 Å². The first-order chi connectivity index (χ1) is 11.6. The lowest BCUT2D eigenvalue weighted by molar-refractivity contribution is 0.102. The van der Waals surface area contributed by atoms with E-state index in [0.29, 0.717) is 15.6 Å². The van der Waals surface area contributed by atoms with Crippen molar-refractivity contribution in [2.75, 3.05) is 5.75 Å². The van der Waals surface area contributed by atoms with Gasteiger partial charge in [0.1, 0.15) is 5.03 Å². The highest BCUT2D eigenvalue weighted by molar-refractivity contribution is 9.10. The molecule has 0 unspecified atom stereocenters. The van der Waals surface area contributed by atoms with Crippen molar-refractivity contribution in [1.29, 1.82) is 0 Å². The van der Waals surface area contributed by atoms with Crippen LogP contribution in [0.1, 0.15) is 10.4 Å². The lowest BCUT2D eigenvalue weighted by atomic mass is 10.1. The van der Waals surface area contributed by atoms with Crippen molar-refractivity contribution in [2.45, 2.75) is 5.03 Å². The summed E-state index contributed by atoms with van der Waals surface area (Å²) in [5.41, 5.74) is 2.32. The van der Waals surface area contributed by atoms with Crippen LogP contribution in [0.15, 0.2) is 70.2 Å². The summed E-state index contributed by atoms with van der Waals surface area (Å²) in [5.74, 6) is 0.250. The Morgan fingerprint density at radius 3 is 2.42 bits per heavy atom. The van der Waals surface area contributed by atoms with Crippen LogP contribution in [0.2, 0.25) is 5.02 Å². The number of ketones is 1. The molecule has 0 amide bonds. The van der Waals surface area contributed by atoms with Crippen molar-refractivity contribution >= 4 is 45.1 Å². The van der Waals surface area contributed by atoms with Crippen molar-refractivity contribution < 1.29 is 4.79 Å². The smallest absolute Gasteiger partial charge is 0.174 e. The third-order valence-corrected chi connectivity index (χ3v) is 5.08. The summed E-state index contributed by atoms with van der Waals surface area (Å²) in [6, 6.07) is 18.7. The van der Waals surface area contributed by atoms with Crippen LogP contribution in [0.5, 0.6) is 0 Å². The molecule has 0 atom stereocenters. The topological polar surface area (TPSA) is 42.9 Å². The predicted octanol–water partition coefficient (Wildman–Crippen LogP) is 5.53. The molecule has 0 saturated carbocycles. The van der Waals surface area contributed by atoms with Gasteiger partial charge in [-0.15, -0.1) is 10.2 Å². The number of carbonyl (C=O) groups is 1. The third-order valence-electron chi connectivity index (χ3n) is 3.31. The van der Waals surface area contributed by atoms with Crippen LogP contribution in [-0.2, 0) is 0 Å². The Bertz CT molecular complexity index is 854. The van der Waals surface area contributed by atoms with E-state index in [2.05, 4.69) is 26.1 Å². The molecule has 0 aliphatic carbocycles. The van der Waals surface area contributed by atoms with Gasteiger partial charge >= 0.3 is 0 Å². The molecule has 0 bridgehead atoms. The minimum absolute atomic E-state index is 0.0237. The number of hydrogen-bond acceptors (Lipinski definition) is 4. The van der Waals surface area contributed by atoms with Gasteiger partial charge in [-0.25, -0.2) is 0 Å². The number of aromatic nitrogens is 2. The summed E-state index contributed by atoms with van der Waals surface area (Å²) < 4.78 is 1.02. The minimum Gasteiger partial charge on any atom is -0.293 e. The Kier molecular flexibility index (Phi) is 5.66. The summed E-state index contributed by atoms with van der Waals surface area (Å²) >= 11 is 10.8. The Hall–Kier alpha value is -1.69. The van der Waals surface area contributed by atoms with Crippen molar-refractivity contribution in [3.8, 4) is 11.3 Å². The molecule has 1 aromatic heterocycles. The van der Waals surface area contributed by atoms with Gasteiger partial charge in [0.15, 0.2) is 5.78 Å². The number of halogens is 2. The quantitative estimate of drug-likeness (QED) is 0.402. The predicted molar refractivity (Wildman–Crippen MR) is 102 cm³/mol. The molecule has 24 heavy (non-hydrogen) atoms. The normalized spacial score (nSPS) is 10.6. The average Bonchev–Trinajstić information content (AvgIpc) is 2.61. The van der Waals surface area contributed by atoms with Crippen molar-refractivity contribution in [3.63, 3.8) is 0 Å². The molecule has 0 aliphatic rings. The maximum atomic E-state index is 12.2. The van der Waals surface area contributed by atoms with E-state index in [1.807, 2.05) is 36.4 Å². The van der Waals surface area contributed by atoms with Crippen LogP contribution >= 0.6 is 39.3 Å². The van der Waals surface area contributed by atoms with Gasteiger partial charge in [-0.1, -0.05) is 63.6 Å². The zero-order valence-corrected chi connectivity index (χ0v) is 15.6. The highest BCUT2D eigenvalue weighted by atomic mass is 79.9. The molecule has 2 aromatic carbocycles. The largest absolute Gasteiger partial charge is 0.293 e. The Morgan fingerprint density at radius 2 is 1.75 bits per heavy atom. The zero-order chi connectivity index (χ0) is 16.9. The SMILES string of the molecule is O=C(CSc1ccc(-c2ccc(Br)cc2)nn1)c1ccccc1Cl. The van der Waals surface area contributed by atoms with E-state index in [9.17, 15) is 4.79 Å². The monoisotopic (exact) mass is 418 g/mol. The van der Waals surface area contributed by atoms with Crippen LogP contribution in [0, 0.1) is 0 Å².